The van der Waals surface area contributed by atoms with Crippen molar-refractivity contribution in [2.24, 2.45) is 11.3 Å². The van der Waals surface area contributed by atoms with Gasteiger partial charge < -0.3 is 5.32 Å². The summed E-state index contributed by atoms with van der Waals surface area (Å²) >= 11 is 2.11. The smallest absolute Gasteiger partial charge is 0.0163 e. The fourth-order valence-corrected chi connectivity index (χ4v) is 3.61. The van der Waals surface area contributed by atoms with Gasteiger partial charge in [0.05, 0.1) is 0 Å². The number of thioether (sulfide) groups is 1. The molecule has 0 aliphatic carbocycles. The molecule has 0 aromatic carbocycles. The van der Waals surface area contributed by atoms with Crippen LogP contribution in [0.3, 0.4) is 0 Å². The van der Waals surface area contributed by atoms with Crippen LogP contribution in [0.15, 0.2) is 0 Å². The molecule has 1 nitrogen and oxygen atoms in total. The van der Waals surface area contributed by atoms with Crippen molar-refractivity contribution >= 4 is 11.8 Å². The summed E-state index contributed by atoms with van der Waals surface area (Å²) in [6, 6.07) is 0.749. The minimum atomic E-state index is 0.536. The van der Waals surface area contributed by atoms with Crippen molar-refractivity contribution in [1.82, 2.24) is 5.32 Å². The molecule has 0 aromatic heterocycles. The molecule has 90 valence electrons. The van der Waals surface area contributed by atoms with E-state index in [2.05, 4.69) is 44.8 Å². The Labute approximate surface area is 99.8 Å². The van der Waals surface area contributed by atoms with Gasteiger partial charge in [0.25, 0.3) is 0 Å². The van der Waals surface area contributed by atoms with Crippen LogP contribution in [0.4, 0.5) is 0 Å². The van der Waals surface area contributed by atoms with Gasteiger partial charge in [-0.05, 0) is 30.1 Å². The van der Waals surface area contributed by atoms with Crippen LogP contribution in [0.5, 0.6) is 0 Å². The summed E-state index contributed by atoms with van der Waals surface area (Å²) in [7, 11) is 0. The minimum Gasteiger partial charge on any atom is -0.313 e. The Balaban J connectivity index is 2.26. The lowest BCUT2D eigenvalue weighted by molar-refractivity contribution is 0.304. The van der Waals surface area contributed by atoms with E-state index in [1.807, 2.05) is 0 Å². The van der Waals surface area contributed by atoms with E-state index in [1.165, 1.54) is 37.3 Å². The van der Waals surface area contributed by atoms with Crippen molar-refractivity contribution in [3.05, 3.63) is 0 Å². The molecule has 1 aliphatic rings. The van der Waals surface area contributed by atoms with Gasteiger partial charge in [-0.2, -0.15) is 11.8 Å². The molecule has 0 spiro atoms. The summed E-state index contributed by atoms with van der Waals surface area (Å²) in [4.78, 5) is 0. The largest absolute Gasteiger partial charge is 0.313 e. The van der Waals surface area contributed by atoms with Crippen LogP contribution >= 0.6 is 11.8 Å². The van der Waals surface area contributed by atoms with E-state index in [-0.39, 0.29) is 0 Å². The Kier molecular flexibility index (Phi) is 5.48. The second kappa shape index (κ2) is 6.15. The molecule has 0 radical (unpaired) electrons. The van der Waals surface area contributed by atoms with Gasteiger partial charge in [0.15, 0.2) is 0 Å². The lowest BCUT2D eigenvalue weighted by Gasteiger charge is -2.35. The first kappa shape index (κ1) is 13.4. The normalized spacial score (nSPS) is 25.8. The Bertz CT molecular complexity index is 175. The van der Waals surface area contributed by atoms with Crippen molar-refractivity contribution < 1.29 is 0 Å². The highest BCUT2D eigenvalue weighted by atomic mass is 32.2. The molecule has 1 aliphatic heterocycles. The molecule has 0 aromatic rings. The van der Waals surface area contributed by atoms with E-state index in [0.717, 1.165) is 12.0 Å². The molecule has 1 rings (SSSR count). The number of hydrogen-bond donors (Lipinski definition) is 1. The number of rotatable bonds is 5. The predicted molar refractivity (Wildman–Crippen MR) is 71.6 cm³/mol. The highest BCUT2D eigenvalue weighted by Gasteiger charge is 2.28. The third kappa shape index (κ3) is 4.78. The molecular weight excluding hydrogens is 202 g/mol. The van der Waals surface area contributed by atoms with E-state index in [9.17, 15) is 0 Å². The summed E-state index contributed by atoms with van der Waals surface area (Å²) in [5.41, 5.74) is 0.536. The van der Waals surface area contributed by atoms with Crippen molar-refractivity contribution in [1.29, 1.82) is 0 Å². The lowest BCUT2D eigenvalue weighted by atomic mass is 9.87. The van der Waals surface area contributed by atoms with E-state index < -0.39 is 0 Å². The first-order chi connectivity index (χ1) is 7.07. The van der Waals surface area contributed by atoms with Gasteiger partial charge in [-0.1, -0.05) is 40.5 Å². The maximum Gasteiger partial charge on any atom is 0.0163 e. The van der Waals surface area contributed by atoms with Crippen molar-refractivity contribution in [2.75, 3.05) is 18.1 Å². The second-order valence-electron chi connectivity index (χ2n) is 5.67. The molecule has 1 saturated heterocycles. The third-order valence-corrected chi connectivity index (χ3v) is 5.08. The zero-order valence-electron chi connectivity index (χ0n) is 10.8. The summed E-state index contributed by atoms with van der Waals surface area (Å²) in [5.74, 6) is 3.51. The average molecular weight is 229 g/mol. The molecule has 15 heavy (non-hydrogen) atoms. The quantitative estimate of drug-likeness (QED) is 0.774. The van der Waals surface area contributed by atoms with Gasteiger partial charge in [-0.25, -0.2) is 0 Å². The van der Waals surface area contributed by atoms with Gasteiger partial charge in [0.2, 0.25) is 0 Å². The fraction of sp³-hybridized carbons (Fsp3) is 1.00. The van der Waals surface area contributed by atoms with Crippen molar-refractivity contribution in [2.45, 2.75) is 53.0 Å². The van der Waals surface area contributed by atoms with Gasteiger partial charge in [-0.3, -0.25) is 0 Å². The molecule has 1 heterocycles. The zero-order chi connectivity index (χ0) is 11.3. The molecular formula is C13H27NS. The van der Waals surface area contributed by atoms with Crippen LogP contribution in [-0.2, 0) is 0 Å². The maximum atomic E-state index is 3.76. The maximum absolute atomic E-state index is 3.76. The van der Waals surface area contributed by atoms with Crippen LogP contribution in [0.25, 0.3) is 0 Å². The summed E-state index contributed by atoms with van der Waals surface area (Å²) < 4.78 is 0. The molecule has 2 heteroatoms. The molecule has 0 amide bonds. The number of hydrogen-bond acceptors (Lipinski definition) is 2. The highest BCUT2D eigenvalue weighted by molar-refractivity contribution is 7.99. The van der Waals surface area contributed by atoms with Gasteiger partial charge >= 0.3 is 0 Å². The third-order valence-electron chi connectivity index (χ3n) is 3.46. The van der Waals surface area contributed by atoms with Gasteiger partial charge in [-0.15, -0.1) is 0 Å². The van der Waals surface area contributed by atoms with Crippen molar-refractivity contribution in [3.63, 3.8) is 0 Å². The fourth-order valence-electron chi connectivity index (χ4n) is 2.30. The molecule has 1 unspecified atom stereocenters. The average Bonchev–Trinajstić information content (AvgIpc) is 2.18. The molecule has 1 fully saturated rings. The standard InChI is InChI=1S/C13H27NS/c1-5-11(6-2)8-14-12-7-13(3,4)10-15-9-12/h11-12,14H,5-10H2,1-4H3. The molecule has 1 atom stereocenters. The minimum absolute atomic E-state index is 0.536. The molecule has 1 N–H and O–H groups in total. The Morgan fingerprint density at radius 1 is 1.33 bits per heavy atom. The van der Waals surface area contributed by atoms with E-state index in [4.69, 9.17) is 0 Å². The first-order valence-electron chi connectivity index (χ1n) is 6.38. The Hall–Kier alpha value is 0.310. The van der Waals surface area contributed by atoms with Crippen LogP contribution < -0.4 is 5.32 Å². The van der Waals surface area contributed by atoms with Crippen molar-refractivity contribution in [3.8, 4) is 0 Å². The van der Waals surface area contributed by atoms with E-state index in [1.54, 1.807) is 0 Å². The highest BCUT2D eigenvalue weighted by Crippen LogP contribution is 2.33. The SMILES string of the molecule is CCC(CC)CNC1CSCC(C)(C)C1. The predicted octanol–water partition coefficient (Wildman–Crippen LogP) is 3.54. The van der Waals surface area contributed by atoms with Crippen LogP contribution in [0, 0.1) is 11.3 Å². The summed E-state index contributed by atoms with van der Waals surface area (Å²) in [5, 5.41) is 3.76. The van der Waals surface area contributed by atoms with Crippen LogP contribution in [0.2, 0.25) is 0 Å². The molecule has 0 saturated carbocycles. The summed E-state index contributed by atoms with van der Waals surface area (Å²) in [6.45, 7) is 10.6. The monoisotopic (exact) mass is 229 g/mol. The van der Waals surface area contributed by atoms with Crippen LogP contribution in [-0.4, -0.2) is 24.1 Å². The van der Waals surface area contributed by atoms with E-state index >= 15 is 0 Å². The zero-order valence-corrected chi connectivity index (χ0v) is 11.6. The van der Waals surface area contributed by atoms with Gasteiger partial charge in [0.1, 0.15) is 0 Å². The van der Waals surface area contributed by atoms with E-state index in [0.29, 0.717) is 5.41 Å². The Morgan fingerprint density at radius 3 is 2.53 bits per heavy atom. The lowest BCUT2D eigenvalue weighted by Crippen LogP contribution is -2.42. The summed E-state index contributed by atoms with van der Waals surface area (Å²) in [6.07, 6.45) is 3.97. The van der Waals surface area contributed by atoms with Gasteiger partial charge in [0, 0.05) is 11.8 Å². The second-order valence-corrected chi connectivity index (χ2v) is 6.70. The van der Waals surface area contributed by atoms with Crippen LogP contribution in [0.1, 0.15) is 47.0 Å². The topological polar surface area (TPSA) is 12.0 Å². The Morgan fingerprint density at radius 2 is 2.00 bits per heavy atom. The number of nitrogens with one attached hydrogen (secondary N) is 1. The molecule has 0 bridgehead atoms. The first-order valence-corrected chi connectivity index (χ1v) is 7.54.